The van der Waals surface area contributed by atoms with Crippen molar-refractivity contribution in [1.29, 1.82) is 0 Å². The van der Waals surface area contributed by atoms with Crippen molar-refractivity contribution < 1.29 is 24.2 Å². The molecular formula is C10H16N4O5. The average Bonchev–Trinajstić information content (AvgIpc) is 2.76. The summed E-state index contributed by atoms with van der Waals surface area (Å²) in [5.74, 6) is 0.394. The fraction of sp³-hybridized carbons (Fsp3) is 0.700. The van der Waals surface area contributed by atoms with Crippen LogP contribution in [-0.2, 0) is 20.9 Å². The highest BCUT2D eigenvalue weighted by molar-refractivity contribution is 5.76. The summed E-state index contributed by atoms with van der Waals surface area (Å²) in [5.41, 5.74) is 0. The van der Waals surface area contributed by atoms with Gasteiger partial charge in [-0.1, -0.05) is 0 Å². The predicted octanol–water partition coefficient (Wildman–Crippen LogP) is 0.424. The molecule has 0 spiro atoms. The van der Waals surface area contributed by atoms with Crippen LogP contribution in [0.25, 0.3) is 0 Å². The van der Waals surface area contributed by atoms with E-state index in [1.54, 1.807) is 0 Å². The molecule has 0 saturated heterocycles. The Hall–Kier alpha value is -2.03. The fourth-order valence-electron chi connectivity index (χ4n) is 1.37. The van der Waals surface area contributed by atoms with Gasteiger partial charge in [0.15, 0.2) is 11.6 Å². The zero-order valence-corrected chi connectivity index (χ0v) is 10.8. The lowest BCUT2D eigenvalue weighted by molar-refractivity contribution is -0.121. The number of Topliss-reactive ketones (excluding diaryl/α,β-unsaturated/α-hetero) is 1. The van der Waals surface area contributed by atoms with Gasteiger partial charge in [0.25, 0.3) is 0 Å². The molecule has 1 aromatic heterocycles. The molecule has 9 nitrogen and oxygen atoms in total. The number of carbonyl (C=O) groups excluding carboxylic acids is 1. The van der Waals surface area contributed by atoms with E-state index in [-0.39, 0.29) is 31.6 Å². The van der Waals surface area contributed by atoms with Crippen molar-refractivity contribution in [1.82, 2.24) is 20.2 Å². The standard InChI is InChI=1S/C10H16N4O5/c1-7(3-4-19-10(16)17)14-9(11-12-13-14)6-18-5-8(2)15/h7H,3-6H2,1-2H3,(H,16,17)/t7-/m1/s1. The van der Waals surface area contributed by atoms with Crippen LogP contribution in [0.1, 0.15) is 32.1 Å². The maximum Gasteiger partial charge on any atom is 0.505 e. The van der Waals surface area contributed by atoms with E-state index in [0.717, 1.165) is 0 Å². The third kappa shape index (κ3) is 5.42. The number of rotatable bonds is 8. The van der Waals surface area contributed by atoms with E-state index in [2.05, 4.69) is 20.3 Å². The van der Waals surface area contributed by atoms with E-state index >= 15 is 0 Å². The van der Waals surface area contributed by atoms with Crippen LogP contribution < -0.4 is 0 Å². The summed E-state index contributed by atoms with van der Waals surface area (Å²) in [6.45, 7) is 3.44. The molecule has 1 N–H and O–H groups in total. The molecule has 0 aliphatic rings. The molecule has 1 aromatic rings. The molecule has 0 saturated carbocycles. The van der Waals surface area contributed by atoms with Gasteiger partial charge in [0.05, 0.1) is 12.6 Å². The minimum atomic E-state index is -1.31. The van der Waals surface area contributed by atoms with Gasteiger partial charge in [0.1, 0.15) is 13.2 Å². The molecule has 0 aliphatic heterocycles. The number of aromatic nitrogens is 4. The molecule has 9 heteroatoms. The van der Waals surface area contributed by atoms with Crippen LogP contribution in [0.3, 0.4) is 0 Å². The average molecular weight is 272 g/mol. The van der Waals surface area contributed by atoms with Crippen molar-refractivity contribution in [3.63, 3.8) is 0 Å². The number of carboxylic acid groups (broad SMARTS) is 1. The lowest BCUT2D eigenvalue weighted by atomic mass is 10.2. The van der Waals surface area contributed by atoms with E-state index in [1.165, 1.54) is 11.6 Å². The third-order valence-corrected chi connectivity index (χ3v) is 2.28. The van der Waals surface area contributed by atoms with Crippen molar-refractivity contribution in [3.8, 4) is 0 Å². The van der Waals surface area contributed by atoms with Gasteiger partial charge in [0, 0.05) is 6.42 Å². The first-order chi connectivity index (χ1) is 9.00. The molecule has 0 bridgehead atoms. The maximum atomic E-state index is 10.7. The van der Waals surface area contributed by atoms with Gasteiger partial charge in [0.2, 0.25) is 0 Å². The minimum Gasteiger partial charge on any atom is -0.450 e. The lowest BCUT2D eigenvalue weighted by Gasteiger charge is -2.12. The summed E-state index contributed by atoms with van der Waals surface area (Å²) in [4.78, 5) is 21.0. The second-order valence-corrected chi connectivity index (χ2v) is 3.99. The Balaban J connectivity index is 2.46. The summed E-state index contributed by atoms with van der Waals surface area (Å²) in [7, 11) is 0. The molecule has 106 valence electrons. The van der Waals surface area contributed by atoms with E-state index in [4.69, 9.17) is 9.84 Å². The zero-order valence-electron chi connectivity index (χ0n) is 10.8. The van der Waals surface area contributed by atoms with E-state index in [1.807, 2.05) is 6.92 Å². The number of tetrazole rings is 1. The molecule has 1 heterocycles. The molecule has 0 radical (unpaired) electrons. The van der Waals surface area contributed by atoms with E-state index in [0.29, 0.717) is 12.2 Å². The first-order valence-corrected chi connectivity index (χ1v) is 5.70. The number of nitrogens with zero attached hydrogens (tertiary/aromatic N) is 4. The number of carbonyl (C=O) groups is 2. The predicted molar refractivity (Wildman–Crippen MR) is 61.5 cm³/mol. The van der Waals surface area contributed by atoms with Gasteiger partial charge in [-0.2, -0.15) is 0 Å². The SMILES string of the molecule is CC(=O)COCc1nnnn1[C@H](C)CCOC(=O)O. The summed E-state index contributed by atoms with van der Waals surface area (Å²) in [6, 6.07) is -0.134. The highest BCUT2D eigenvalue weighted by Gasteiger charge is 2.14. The van der Waals surface area contributed by atoms with Gasteiger partial charge in [-0.25, -0.2) is 9.48 Å². The molecule has 0 aromatic carbocycles. The van der Waals surface area contributed by atoms with Crippen molar-refractivity contribution in [2.24, 2.45) is 0 Å². The van der Waals surface area contributed by atoms with Gasteiger partial charge < -0.3 is 14.6 Å². The molecule has 0 unspecified atom stereocenters. The van der Waals surface area contributed by atoms with E-state index < -0.39 is 6.16 Å². The van der Waals surface area contributed by atoms with Crippen LogP contribution in [-0.4, -0.2) is 50.5 Å². The summed E-state index contributed by atoms with van der Waals surface area (Å²) >= 11 is 0. The van der Waals surface area contributed by atoms with Gasteiger partial charge >= 0.3 is 6.16 Å². The zero-order chi connectivity index (χ0) is 14.3. The van der Waals surface area contributed by atoms with Crippen molar-refractivity contribution in [2.45, 2.75) is 32.9 Å². The monoisotopic (exact) mass is 272 g/mol. The molecule has 1 rings (SSSR count). The van der Waals surface area contributed by atoms with Crippen LogP contribution in [0.2, 0.25) is 0 Å². The second-order valence-electron chi connectivity index (χ2n) is 3.99. The summed E-state index contributed by atoms with van der Waals surface area (Å²) in [5, 5.41) is 19.5. The minimum absolute atomic E-state index is 0.00334. The van der Waals surface area contributed by atoms with Gasteiger partial charge in [-0.3, -0.25) is 4.79 Å². The molecule has 0 fully saturated rings. The molecule has 1 atom stereocenters. The smallest absolute Gasteiger partial charge is 0.450 e. The Bertz CT molecular complexity index is 433. The fourth-order valence-corrected chi connectivity index (χ4v) is 1.37. The van der Waals surface area contributed by atoms with Crippen LogP contribution in [0.15, 0.2) is 0 Å². The molecule has 19 heavy (non-hydrogen) atoms. The molecular weight excluding hydrogens is 256 g/mol. The molecule has 0 aliphatic carbocycles. The Kier molecular flexibility index (Phi) is 5.86. The highest BCUT2D eigenvalue weighted by Crippen LogP contribution is 2.11. The first kappa shape index (κ1) is 15.0. The Labute approximate surface area is 109 Å². The number of hydrogen-bond donors (Lipinski definition) is 1. The number of ketones is 1. The Morgan fingerprint density at radius 2 is 2.21 bits per heavy atom. The highest BCUT2D eigenvalue weighted by atomic mass is 16.7. The maximum absolute atomic E-state index is 10.7. The van der Waals surface area contributed by atoms with Crippen molar-refractivity contribution in [3.05, 3.63) is 5.82 Å². The van der Waals surface area contributed by atoms with Gasteiger partial charge in [-0.05, 0) is 24.3 Å². The molecule has 0 amide bonds. The largest absolute Gasteiger partial charge is 0.505 e. The Morgan fingerprint density at radius 1 is 1.47 bits per heavy atom. The Morgan fingerprint density at radius 3 is 2.84 bits per heavy atom. The lowest BCUT2D eigenvalue weighted by Crippen LogP contribution is -2.16. The van der Waals surface area contributed by atoms with Crippen LogP contribution >= 0.6 is 0 Å². The topological polar surface area (TPSA) is 116 Å². The number of ether oxygens (including phenoxy) is 2. The van der Waals surface area contributed by atoms with Crippen molar-refractivity contribution >= 4 is 11.9 Å². The second kappa shape index (κ2) is 7.41. The normalized spacial score (nSPS) is 12.1. The van der Waals surface area contributed by atoms with Gasteiger partial charge in [-0.15, -0.1) is 5.10 Å². The van der Waals surface area contributed by atoms with E-state index in [9.17, 15) is 9.59 Å². The van der Waals surface area contributed by atoms with Crippen molar-refractivity contribution in [2.75, 3.05) is 13.2 Å². The summed E-state index contributed by atoms with van der Waals surface area (Å²) in [6.07, 6.45) is -0.870. The van der Waals surface area contributed by atoms with Crippen LogP contribution in [0.5, 0.6) is 0 Å². The van der Waals surface area contributed by atoms with Crippen LogP contribution in [0, 0.1) is 0 Å². The number of hydrogen-bond acceptors (Lipinski definition) is 7. The first-order valence-electron chi connectivity index (χ1n) is 5.70. The third-order valence-electron chi connectivity index (χ3n) is 2.28. The quantitative estimate of drug-likeness (QED) is 0.677. The van der Waals surface area contributed by atoms with Crippen LogP contribution in [0.4, 0.5) is 4.79 Å². The summed E-state index contributed by atoms with van der Waals surface area (Å²) < 4.78 is 11.1.